The van der Waals surface area contributed by atoms with Crippen LogP contribution in [0.5, 0.6) is 0 Å². The van der Waals surface area contributed by atoms with Crippen LogP contribution in [0.2, 0.25) is 0 Å². The number of sulfonamides is 1. The molecule has 18 heavy (non-hydrogen) atoms. The Hall–Kier alpha value is 0.0500. The molecule has 2 heterocycles. The van der Waals surface area contributed by atoms with E-state index in [2.05, 4.69) is 15.9 Å². The van der Waals surface area contributed by atoms with Crippen molar-refractivity contribution in [2.75, 3.05) is 17.8 Å². The maximum Gasteiger partial charge on any atom is 0.224 e. The van der Waals surface area contributed by atoms with E-state index in [0.29, 0.717) is 13.1 Å². The molecule has 1 aliphatic heterocycles. The standard InChI is InChI=1S/C11H16BrNO3S2/c12-9-18(14,15)13(7-10-3-1-5-16-10)8-11-4-2-6-17-11/h2,4,6,10H,1,3,5,7-9H2. The Morgan fingerprint density at radius 1 is 1.56 bits per heavy atom. The third-order valence-corrected chi connectivity index (χ3v) is 6.81. The largest absolute Gasteiger partial charge is 0.377 e. The molecule has 1 saturated heterocycles. The molecule has 0 aliphatic carbocycles. The van der Waals surface area contributed by atoms with Crippen LogP contribution in [-0.2, 0) is 21.3 Å². The van der Waals surface area contributed by atoms with Gasteiger partial charge < -0.3 is 4.74 Å². The van der Waals surface area contributed by atoms with Gasteiger partial charge in [-0.05, 0) is 24.3 Å². The van der Waals surface area contributed by atoms with Gasteiger partial charge >= 0.3 is 0 Å². The molecule has 102 valence electrons. The molecule has 1 unspecified atom stereocenters. The second-order valence-corrected chi connectivity index (χ2v) is 8.53. The van der Waals surface area contributed by atoms with Gasteiger partial charge in [-0.15, -0.1) is 11.3 Å². The van der Waals surface area contributed by atoms with Gasteiger partial charge in [-0.1, -0.05) is 22.0 Å². The molecule has 1 aromatic rings. The zero-order valence-electron chi connectivity index (χ0n) is 9.92. The summed E-state index contributed by atoms with van der Waals surface area (Å²) in [7, 11) is -3.25. The normalized spacial score (nSPS) is 20.7. The fourth-order valence-corrected chi connectivity index (χ4v) is 4.47. The first-order valence-electron chi connectivity index (χ1n) is 5.79. The molecule has 2 rings (SSSR count). The maximum atomic E-state index is 12.0. The van der Waals surface area contributed by atoms with Crippen LogP contribution in [0.4, 0.5) is 0 Å². The lowest BCUT2D eigenvalue weighted by molar-refractivity contribution is 0.0929. The molecule has 0 aromatic carbocycles. The summed E-state index contributed by atoms with van der Waals surface area (Å²) in [6.07, 6.45) is 2.00. The number of nitrogens with zero attached hydrogens (tertiary/aromatic N) is 1. The monoisotopic (exact) mass is 353 g/mol. The first-order valence-corrected chi connectivity index (χ1v) is 9.40. The molecule has 1 atom stereocenters. The summed E-state index contributed by atoms with van der Waals surface area (Å²) in [6.45, 7) is 1.63. The highest BCUT2D eigenvalue weighted by Gasteiger charge is 2.27. The van der Waals surface area contributed by atoms with Gasteiger partial charge in [0.05, 0.1) is 6.10 Å². The fraction of sp³-hybridized carbons (Fsp3) is 0.636. The predicted octanol–water partition coefficient (Wildman–Crippen LogP) is 2.41. The zero-order valence-corrected chi connectivity index (χ0v) is 13.1. The van der Waals surface area contributed by atoms with Crippen LogP contribution in [0.15, 0.2) is 17.5 Å². The molecule has 7 heteroatoms. The van der Waals surface area contributed by atoms with Crippen molar-refractivity contribution in [3.05, 3.63) is 22.4 Å². The Morgan fingerprint density at radius 3 is 2.94 bits per heavy atom. The average molecular weight is 354 g/mol. The predicted molar refractivity (Wildman–Crippen MR) is 76.4 cm³/mol. The van der Waals surface area contributed by atoms with Gasteiger partial charge in [0, 0.05) is 24.6 Å². The summed E-state index contributed by atoms with van der Waals surface area (Å²) in [6, 6.07) is 3.89. The van der Waals surface area contributed by atoms with Gasteiger partial charge in [-0.3, -0.25) is 0 Å². The number of thiophene rings is 1. The Bertz CT molecular complexity index is 455. The number of hydrogen-bond acceptors (Lipinski definition) is 4. The molecular formula is C11H16BrNO3S2. The lowest BCUT2D eigenvalue weighted by atomic mass is 10.2. The molecule has 1 fully saturated rings. The lowest BCUT2D eigenvalue weighted by Crippen LogP contribution is -2.37. The molecule has 0 bridgehead atoms. The first kappa shape index (κ1) is 14.5. The van der Waals surface area contributed by atoms with Gasteiger partial charge in [0.15, 0.2) is 0 Å². The Balaban J connectivity index is 2.07. The number of halogens is 1. The molecule has 0 amide bonds. The summed E-state index contributed by atoms with van der Waals surface area (Å²) in [5.74, 6) is 0. The van der Waals surface area contributed by atoms with Crippen molar-refractivity contribution in [2.24, 2.45) is 0 Å². The van der Waals surface area contributed by atoms with E-state index in [-0.39, 0.29) is 10.8 Å². The van der Waals surface area contributed by atoms with Crippen LogP contribution in [0, 0.1) is 0 Å². The highest BCUT2D eigenvalue weighted by atomic mass is 79.9. The SMILES string of the molecule is O=S(=O)(CBr)N(Cc1cccs1)CC1CCCO1. The van der Waals surface area contributed by atoms with Gasteiger partial charge in [0.1, 0.15) is 4.66 Å². The van der Waals surface area contributed by atoms with Crippen LogP contribution < -0.4 is 0 Å². The summed E-state index contributed by atoms with van der Waals surface area (Å²) < 4.78 is 31.1. The first-order chi connectivity index (χ1) is 8.62. The fourth-order valence-electron chi connectivity index (χ4n) is 1.94. The summed E-state index contributed by atoms with van der Waals surface area (Å²) >= 11 is 4.63. The van der Waals surface area contributed by atoms with Crippen LogP contribution in [0.1, 0.15) is 17.7 Å². The Morgan fingerprint density at radius 2 is 2.39 bits per heavy atom. The number of hydrogen-bond donors (Lipinski definition) is 0. The van der Waals surface area contributed by atoms with Crippen molar-refractivity contribution in [2.45, 2.75) is 25.5 Å². The van der Waals surface area contributed by atoms with Gasteiger partial charge in [0.2, 0.25) is 10.0 Å². The Labute approximate surface area is 120 Å². The highest BCUT2D eigenvalue weighted by molar-refractivity contribution is 9.10. The Kier molecular flexibility index (Phi) is 5.20. The molecule has 0 radical (unpaired) electrons. The van der Waals surface area contributed by atoms with Crippen molar-refractivity contribution < 1.29 is 13.2 Å². The summed E-state index contributed by atoms with van der Waals surface area (Å²) in [5, 5.41) is 1.96. The van der Waals surface area contributed by atoms with Crippen LogP contribution in [0.25, 0.3) is 0 Å². The van der Waals surface area contributed by atoms with Crippen molar-refractivity contribution in [3.8, 4) is 0 Å². The van der Waals surface area contributed by atoms with Crippen molar-refractivity contribution in [1.29, 1.82) is 0 Å². The average Bonchev–Trinajstić information content (AvgIpc) is 3.01. The van der Waals surface area contributed by atoms with E-state index >= 15 is 0 Å². The third kappa shape index (κ3) is 3.77. The molecule has 0 N–H and O–H groups in total. The van der Waals surface area contributed by atoms with E-state index in [9.17, 15) is 8.42 Å². The van der Waals surface area contributed by atoms with Gasteiger partial charge in [-0.2, -0.15) is 4.31 Å². The van der Waals surface area contributed by atoms with Crippen LogP contribution in [-0.4, -0.2) is 36.6 Å². The molecule has 4 nitrogen and oxygen atoms in total. The molecular weight excluding hydrogens is 338 g/mol. The topological polar surface area (TPSA) is 46.6 Å². The second kappa shape index (κ2) is 6.47. The van der Waals surface area contributed by atoms with Gasteiger partial charge in [-0.25, -0.2) is 8.42 Å². The number of ether oxygens (including phenoxy) is 1. The van der Waals surface area contributed by atoms with Crippen molar-refractivity contribution >= 4 is 37.3 Å². The minimum atomic E-state index is -3.25. The van der Waals surface area contributed by atoms with Crippen molar-refractivity contribution in [1.82, 2.24) is 4.31 Å². The molecule has 1 aliphatic rings. The quantitative estimate of drug-likeness (QED) is 0.737. The van der Waals surface area contributed by atoms with Crippen LogP contribution >= 0.6 is 27.3 Å². The van der Waals surface area contributed by atoms with E-state index in [4.69, 9.17) is 4.74 Å². The van der Waals surface area contributed by atoms with E-state index in [1.807, 2.05) is 17.5 Å². The third-order valence-electron chi connectivity index (χ3n) is 2.87. The summed E-state index contributed by atoms with van der Waals surface area (Å²) in [4.78, 5) is 1.05. The van der Waals surface area contributed by atoms with E-state index in [1.165, 1.54) is 4.31 Å². The van der Waals surface area contributed by atoms with E-state index in [1.54, 1.807) is 11.3 Å². The highest BCUT2D eigenvalue weighted by Crippen LogP contribution is 2.20. The van der Waals surface area contributed by atoms with E-state index < -0.39 is 10.0 Å². The molecule has 0 saturated carbocycles. The van der Waals surface area contributed by atoms with Gasteiger partial charge in [0.25, 0.3) is 0 Å². The van der Waals surface area contributed by atoms with E-state index in [0.717, 1.165) is 24.3 Å². The van der Waals surface area contributed by atoms with Crippen molar-refractivity contribution in [3.63, 3.8) is 0 Å². The lowest BCUT2D eigenvalue weighted by Gasteiger charge is -2.23. The van der Waals surface area contributed by atoms with Crippen LogP contribution in [0.3, 0.4) is 0 Å². The number of alkyl halides is 1. The molecule has 1 aromatic heterocycles. The maximum absolute atomic E-state index is 12.0. The minimum Gasteiger partial charge on any atom is -0.377 e. The zero-order chi connectivity index (χ0) is 13.0. The smallest absolute Gasteiger partial charge is 0.224 e. The minimum absolute atomic E-state index is 0.0405. The number of rotatable bonds is 6. The molecule has 0 spiro atoms. The summed E-state index contributed by atoms with van der Waals surface area (Å²) in [5.41, 5.74) is 0. The second-order valence-electron chi connectivity index (χ2n) is 4.23.